The molecule has 0 bridgehead atoms. The van der Waals surface area contributed by atoms with E-state index in [1.165, 1.54) is 41.4 Å². The van der Waals surface area contributed by atoms with E-state index < -0.39 is 0 Å². The summed E-state index contributed by atoms with van der Waals surface area (Å²) in [5, 5.41) is 3.38. The Bertz CT molecular complexity index is 433. The quantitative estimate of drug-likeness (QED) is 0.845. The summed E-state index contributed by atoms with van der Waals surface area (Å²) >= 11 is 3.75. The van der Waals surface area contributed by atoms with Crippen molar-refractivity contribution in [1.29, 1.82) is 0 Å². The Labute approximate surface area is 132 Å². The average Bonchev–Trinajstić information content (AvgIpc) is 2.44. The Balaban J connectivity index is 2.07. The number of hydrogen-bond donors (Lipinski definition) is 1. The largest absolute Gasteiger partial charge is 0.371 e. The van der Waals surface area contributed by atoms with Gasteiger partial charge < -0.3 is 10.2 Å². The minimum atomic E-state index is 0.690. The fourth-order valence-electron chi connectivity index (χ4n) is 3.17. The Morgan fingerprint density at radius 1 is 1.35 bits per heavy atom. The van der Waals surface area contributed by atoms with Crippen LogP contribution >= 0.6 is 15.9 Å². The van der Waals surface area contributed by atoms with Crippen LogP contribution in [0.3, 0.4) is 0 Å². The Morgan fingerprint density at radius 3 is 2.80 bits per heavy atom. The Hall–Kier alpha value is -0.540. The topological polar surface area (TPSA) is 15.3 Å². The van der Waals surface area contributed by atoms with Crippen molar-refractivity contribution < 1.29 is 0 Å². The lowest BCUT2D eigenvalue weighted by molar-refractivity contribution is 0.336. The van der Waals surface area contributed by atoms with Crippen LogP contribution in [0.25, 0.3) is 0 Å². The van der Waals surface area contributed by atoms with E-state index in [4.69, 9.17) is 0 Å². The van der Waals surface area contributed by atoms with Gasteiger partial charge in [-0.2, -0.15) is 0 Å². The molecule has 1 aromatic rings. The van der Waals surface area contributed by atoms with Gasteiger partial charge in [-0.25, -0.2) is 0 Å². The molecule has 2 atom stereocenters. The van der Waals surface area contributed by atoms with E-state index in [1.54, 1.807) is 0 Å². The molecule has 2 unspecified atom stereocenters. The molecule has 3 heteroatoms. The van der Waals surface area contributed by atoms with Gasteiger partial charge in [-0.1, -0.05) is 32.8 Å². The molecule has 0 aromatic heterocycles. The number of nitrogens with zero attached hydrogens (tertiary/aromatic N) is 1. The number of benzene rings is 1. The average molecular weight is 339 g/mol. The zero-order valence-electron chi connectivity index (χ0n) is 13.0. The summed E-state index contributed by atoms with van der Waals surface area (Å²) in [6.07, 6.45) is 5.41. The Morgan fingerprint density at radius 2 is 2.15 bits per heavy atom. The van der Waals surface area contributed by atoms with Gasteiger partial charge in [0.15, 0.2) is 0 Å². The zero-order valence-corrected chi connectivity index (χ0v) is 14.5. The van der Waals surface area contributed by atoms with Crippen molar-refractivity contribution in [2.24, 2.45) is 5.92 Å². The maximum atomic E-state index is 3.75. The van der Waals surface area contributed by atoms with Crippen molar-refractivity contribution >= 4 is 21.6 Å². The highest BCUT2D eigenvalue weighted by Crippen LogP contribution is 2.33. The van der Waals surface area contributed by atoms with Crippen LogP contribution in [0.2, 0.25) is 0 Å². The van der Waals surface area contributed by atoms with Crippen LogP contribution in [0, 0.1) is 5.92 Å². The molecule has 1 saturated carbocycles. The molecule has 2 nitrogen and oxygen atoms in total. The van der Waals surface area contributed by atoms with Gasteiger partial charge in [-0.05, 0) is 58.9 Å². The van der Waals surface area contributed by atoms with Gasteiger partial charge in [-0.3, -0.25) is 0 Å². The molecule has 0 aliphatic heterocycles. The first-order chi connectivity index (χ1) is 9.61. The second-order valence-electron chi connectivity index (χ2n) is 6.10. The first kappa shape index (κ1) is 15.8. The van der Waals surface area contributed by atoms with E-state index >= 15 is 0 Å². The monoisotopic (exact) mass is 338 g/mol. The van der Waals surface area contributed by atoms with Gasteiger partial charge in [0.2, 0.25) is 0 Å². The molecular formula is C17H27BrN2. The van der Waals surface area contributed by atoms with Gasteiger partial charge in [0.05, 0.1) is 5.69 Å². The van der Waals surface area contributed by atoms with Gasteiger partial charge in [0.1, 0.15) is 0 Å². The van der Waals surface area contributed by atoms with Crippen LogP contribution < -0.4 is 10.2 Å². The molecule has 2 rings (SSSR count). The predicted molar refractivity (Wildman–Crippen MR) is 91.3 cm³/mol. The lowest BCUT2D eigenvalue weighted by atomic mass is 9.86. The summed E-state index contributed by atoms with van der Waals surface area (Å²) in [4.78, 5) is 2.47. The lowest BCUT2D eigenvalue weighted by Gasteiger charge is -2.36. The summed E-state index contributed by atoms with van der Waals surface area (Å²) in [5.74, 6) is 0.864. The number of hydrogen-bond acceptors (Lipinski definition) is 2. The summed E-state index contributed by atoms with van der Waals surface area (Å²) in [6.45, 7) is 6.48. The number of nitrogens with one attached hydrogen (secondary N) is 1. The third kappa shape index (κ3) is 3.98. The van der Waals surface area contributed by atoms with E-state index in [2.05, 4.69) is 65.2 Å². The highest BCUT2D eigenvalue weighted by atomic mass is 79.9. The minimum Gasteiger partial charge on any atom is -0.371 e. The molecule has 20 heavy (non-hydrogen) atoms. The van der Waals surface area contributed by atoms with Crippen molar-refractivity contribution in [3.63, 3.8) is 0 Å². The zero-order chi connectivity index (χ0) is 14.5. The smallest absolute Gasteiger partial charge is 0.0510 e. The molecular weight excluding hydrogens is 312 g/mol. The van der Waals surface area contributed by atoms with Crippen molar-refractivity contribution in [2.75, 3.05) is 18.5 Å². The highest BCUT2D eigenvalue weighted by molar-refractivity contribution is 9.10. The van der Waals surface area contributed by atoms with Gasteiger partial charge in [-0.15, -0.1) is 0 Å². The molecule has 1 aromatic carbocycles. The highest BCUT2D eigenvalue weighted by Gasteiger charge is 2.23. The van der Waals surface area contributed by atoms with Crippen LogP contribution in [0.1, 0.15) is 45.1 Å². The lowest BCUT2D eigenvalue weighted by Crippen LogP contribution is -2.35. The second-order valence-corrected chi connectivity index (χ2v) is 6.96. The van der Waals surface area contributed by atoms with Gasteiger partial charge in [0, 0.05) is 24.1 Å². The summed E-state index contributed by atoms with van der Waals surface area (Å²) in [5.41, 5.74) is 2.66. The van der Waals surface area contributed by atoms with Crippen LogP contribution in [0.5, 0.6) is 0 Å². The first-order valence-electron chi connectivity index (χ1n) is 7.83. The molecule has 0 spiro atoms. The number of rotatable bonds is 5. The van der Waals surface area contributed by atoms with Crippen molar-refractivity contribution in [3.05, 3.63) is 28.2 Å². The van der Waals surface area contributed by atoms with Gasteiger partial charge >= 0.3 is 0 Å². The number of halogens is 1. The standard InChI is InChI=1S/C17H27BrN2/c1-4-19-12-14-8-9-17(16(18)11-14)20(3)15-7-5-6-13(2)10-15/h8-9,11,13,15,19H,4-7,10,12H2,1-3H3. The van der Waals surface area contributed by atoms with Crippen LogP contribution in [0.4, 0.5) is 5.69 Å². The molecule has 112 valence electrons. The molecule has 0 amide bonds. The van der Waals surface area contributed by atoms with Crippen molar-refractivity contribution in [2.45, 2.75) is 52.1 Å². The summed E-state index contributed by atoms with van der Waals surface area (Å²) in [7, 11) is 2.24. The fraction of sp³-hybridized carbons (Fsp3) is 0.647. The van der Waals surface area contributed by atoms with E-state index in [0.29, 0.717) is 6.04 Å². The summed E-state index contributed by atoms with van der Waals surface area (Å²) < 4.78 is 1.22. The van der Waals surface area contributed by atoms with Gasteiger partial charge in [0.25, 0.3) is 0 Å². The minimum absolute atomic E-state index is 0.690. The SMILES string of the molecule is CCNCc1ccc(N(C)C2CCCC(C)C2)c(Br)c1. The molecule has 1 aliphatic rings. The predicted octanol–water partition coefficient (Wildman–Crippen LogP) is 4.57. The third-order valence-electron chi connectivity index (χ3n) is 4.43. The van der Waals surface area contributed by atoms with E-state index in [9.17, 15) is 0 Å². The van der Waals surface area contributed by atoms with Crippen LogP contribution in [0.15, 0.2) is 22.7 Å². The summed E-state index contributed by atoms with van der Waals surface area (Å²) in [6, 6.07) is 7.44. The maximum Gasteiger partial charge on any atom is 0.0510 e. The molecule has 0 heterocycles. The maximum absolute atomic E-state index is 3.75. The van der Waals surface area contributed by atoms with Crippen molar-refractivity contribution in [1.82, 2.24) is 5.32 Å². The van der Waals surface area contributed by atoms with E-state index in [0.717, 1.165) is 19.0 Å². The van der Waals surface area contributed by atoms with Crippen molar-refractivity contribution in [3.8, 4) is 0 Å². The van der Waals surface area contributed by atoms with Crippen LogP contribution in [-0.4, -0.2) is 19.6 Å². The molecule has 0 saturated heterocycles. The normalized spacial score (nSPS) is 22.8. The van der Waals surface area contributed by atoms with Crippen LogP contribution in [-0.2, 0) is 6.54 Å². The number of anilines is 1. The molecule has 1 fully saturated rings. The van der Waals surface area contributed by atoms with E-state index in [-0.39, 0.29) is 0 Å². The Kier molecular flexibility index (Phi) is 5.91. The molecule has 1 aliphatic carbocycles. The van der Waals surface area contributed by atoms with E-state index in [1.807, 2.05) is 0 Å². The molecule has 1 N–H and O–H groups in total. The molecule has 0 radical (unpaired) electrons. The third-order valence-corrected chi connectivity index (χ3v) is 5.06. The second kappa shape index (κ2) is 7.46. The fourth-order valence-corrected chi connectivity index (χ4v) is 3.87. The first-order valence-corrected chi connectivity index (χ1v) is 8.63.